The Morgan fingerprint density at radius 2 is 1.83 bits per heavy atom. The molecule has 3 aromatic rings. The Labute approximate surface area is 204 Å². The van der Waals surface area contributed by atoms with E-state index < -0.39 is 26.5 Å². The van der Waals surface area contributed by atoms with Crippen LogP contribution in [-0.2, 0) is 20.3 Å². The number of benzene rings is 2. The molecule has 0 amide bonds. The zero-order valence-electron chi connectivity index (χ0n) is 19.5. The molecule has 0 aliphatic rings. The molecule has 0 fully saturated rings. The quantitative estimate of drug-likeness (QED) is 0.317. The third-order valence-electron chi connectivity index (χ3n) is 5.36. The number of nitrogens with zero attached hydrogens (tertiary/aromatic N) is 1. The van der Waals surface area contributed by atoms with Crippen molar-refractivity contribution in [3.05, 3.63) is 77.2 Å². The molecule has 2 aromatic carbocycles. The van der Waals surface area contributed by atoms with Crippen LogP contribution in [0.4, 0.5) is 4.39 Å². The Bertz CT molecular complexity index is 1270. The van der Waals surface area contributed by atoms with Crippen molar-refractivity contribution in [2.45, 2.75) is 32.8 Å². The first-order valence-corrected chi connectivity index (χ1v) is 12.7. The van der Waals surface area contributed by atoms with Gasteiger partial charge < -0.3 is 14.7 Å². The highest BCUT2D eigenvalue weighted by Gasteiger charge is 2.18. The smallest absolute Gasteiger partial charge is 0.305 e. The molecule has 35 heavy (non-hydrogen) atoms. The standard InChI is InChI=1S/C27H27FNO5P/c1-3-24-23(10-7-15-34-35(33)17-22(30)16-25(31)32)26(19-11-13-21(28)14-12-19)18(2)27(29-24)20-8-5-4-6-9-20/h4-6,8-9,11-14,22,30,35H,3,15-17H2,1-2H3,(H,31,32)/t22-/m0/s1. The van der Waals surface area contributed by atoms with Gasteiger partial charge in [-0.05, 0) is 36.6 Å². The first kappa shape index (κ1) is 26.3. The minimum atomic E-state index is -2.64. The van der Waals surface area contributed by atoms with Crippen molar-refractivity contribution in [2.75, 3.05) is 12.8 Å². The lowest BCUT2D eigenvalue weighted by molar-refractivity contribution is -0.138. The summed E-state index contributed by atoms with van der Waals surface area (Å²) in [7, 11) is -2.64. The fourth-order valence-electron chi connectivity index (χ4n) is 3.74. The van der Waals surface area contributed by atoms with E-state index in [0.717, 1.165) is 33.6 Å². The largest absolute Gasteiger partial charge is 0.481 e. The number of halogens is 1. The minimum Gasteiger partial charge on any atom is -0.481 e. The van der Waals surface area contributed by atoms with Crippen molar-refractivity contribution in [3.63, 3.8) is 0 Å². The summed E-state index contributed by atoms with van der Waals surface area (Å²) >= 11 is 0. The second kappa shape index (κ2) is 12.4. The average Bonchev–Trinajstić information content (AvgIpc) is 2.82. The molecule has 2 atom stereocenters. The molecule has 1 heterocycles. The number of aliphatic hydroxyl groups excluding tert-OH is 1. The highest BCUT2D eigenvalue weighted by Crippen LogP contribution is 2.35. The maximum atomic E-state index is 13.6. The molecule has 3 rings (SSSR count). The van der Waals surface area contributed by atoms with Crippen LogP contribution in [0, 0.1) is 24.6 Å². The fraction of sp³-hybridized carbons (Fsp3) is 0.259. The number of aliphatic hydroxyl groups is 1. The van der Waals surface area contributed by atoms with Gasteiger partial charge in [0.05, 0.1) is 29.5 Å². The van der Waals surface area contributed by atoms with Crippen molar-refractivity contribution < 1.29 is 28.5 Å². The molecule has 0 bridgehead atoms. The maximum Gasteiger partial charge on any atom is 0.305 e. The summed E-state index contributed by atoms with van der Waals surface area (Å²) in [5, 5.41) is 18.3. The molecular weight excluding hydrogens is 468 g/mol. The number of aromatic nitrogens is 1. The van der Waals surface area contributed by atoms with Crippen LogP contribution in [0.15, 0.2) is 54.6 Å². The minimum absolute atomic E-state index is 0.150. The normalized spacial score (nSPS) is 12.5. The van der Waals surface area contributed by atoms with Gasteiger partial charge in [-0.25, -0.2) is 4.39 Å². The Kier molecular flexibility index (Phi) is 9.33. The van der Waals surface area contributed by atoms with Crippen molar-refractivity contribution in [1.82, 2.24) is 4.98 Å². The molecule has 182 valence electrons. The molecule has 6 nitrogen and oxygen atoms in total. The first-order valence-electron chi connectivity index (χ1n) is 11.2. The van der Waals surface area contributed by atoms with E-state index >= 15 is 0 Å². The number of hydrogen-bond donors (Lipinski definition) is 2. The summed E-state index contributed by atoms with van der Waals surface area (Å²) in [5.74, 6) is 4.46. The first-order chi connectivity index (χ1) is 16.8. The molecule has 2 N–H and O–H groups in total. The van der Waals surface area contributed by atoms with E-state index in [-0.39, 0.29) is 18.6 Å². The molecule has 0 saturated heterocycles. The third kappa shape index (κ3) is 7.10. The van der Waals surface area contributed by atoms with Gasteiger partial charge in [0, 0.05) is 17.3 Å². The van der Waals surface area contributed by atoms with Crippen LogP contribution in [0.25, 0.3) is 22.4 Å². The summed E-state index contributed by atoms with van der Waals surface area (Å²) in [4.78, 5) is 15.5. The molecular formula is C27H27FNO5P. The summed E-state index contributed by atoms with van der Waals surface area (Å²) in [5.41, 5.74) is 5.78. The van der Waals surface area contributed by atoms with Gasteiger partial charge in [-0.15, -0.1) is 0 Å². The zero-order chi connectivity index (χ0) is 25.4. The summed E-state index contributed by atoms with van der Waals surface area (Å²) in [6, 6.07) is 16.0. The number of carboxylic acid groups (broad SMARTS) is 1. The van der Waals surface area contributed by atoms with Gasteiger partial charge in [-0.3, -0.25) is 14.3 Å². The SMILES string of the molecule is CCc1nc(-c2ccccc2)c(C)c(-c2ccc(F)cc2)c1C#CCO[PH](=O)C[C@@H](O)CC(=O)O. The molecule has 0 radical (unpaired) electrons. The second-order valence-corrected chi connectivity index (χ2v) is 9.37. The van der Waals surface area contributed by atoms with E-state index in [1.54, 1.807) is 12.1 Å². The summed E-state index contributed by atoms with van der Waals surface area (Å²) < 4.78 is 30.9. The van der Waals surface area contributed by atoms with E-state index in [0.29, 0.717) is 12.0 Å². The van der Waals surface area contributed by atoms with E-state index in [1.807, 2.05) is 44.2 Å². The molecule has 0 aliphatic carbocycles. The summed E-state index contributed by atoms with van der Waals surface area (Å²) in [6.45, 7) is 3.78. The van der Waals surface area contributed by atoms with Gasteiger partial charge in [0.25, 0.3) is 0 Å². The van der Waals surface area contributed by atoms with Gasteiger partial charge >= 0.3 is 5.97 Å². The zero-order valence-corrected chi connectivity index (χ0v) is 20.5. The van der Waals surface area contributed by atoms with Gasteiger partial charge in [0.15, 0.2) is 8.03 Å². The molecule has 1 unspecified atom stereocenters. The Morgan fingerprint density at radius 1 is 1.14 bits per heavy atom. The van der Waals surface area contributed by atoms with Crippen LogP contribution >= 0.6 is 8.03 Å². The lowest BCUT2D eigenvalue weighted by Crippen LogP contribution is -2.15. The van der Waals surface area contributed by atoms with E-state index in [4.69, 9.17) is 14.6 Å². The van der Waals surface area contributed by atoms with E-state index in [2.05, 4.69) is 11.8 Å². The van der Waals surface area contributed by atoms with Crippen molar-refractivity contribution in [1.29, 1.82) is 0 Å². The Balaban J connectivity index is 1.97. The van der Waals surface area contributed by atoms with Crippen molar-refractivity contribution in [2.24, 2.45) is 0 Å². The van der Waals surface area contributed by atoms with Crippen LogP contribution in [0.5, 0.6) is 0 Å². The Hall–Kier alpha value is -3.30. The number of carboxylic acids is 1. The third-order valence-corrected chi connectivity index (χ3v) is 6.63. The van der Waals surface area contributed by atoms with Crippen LogP contribution < -0.4 is 0 Å². The highest BCUT2D eigenvalue weighted by atomic mass is 31.1. The maximum absolute atomic E-state index is 13.6. The van der Waals surface area contributed by atoms with Gasteiger partial charge in [-0.1, -0.05) is 61.2 Å². The number of aliphatic carboxylic acids is 1. The molecule has 1 aromatic heterocycles. The predicted octanol–water partition coefficient (Wildman–Crippen LogP) is 5.10. The number of pyridine rings is 1. The lowest BCUT2D eigenvalue weighted by atomic mass is 9.90. The van der Waals surface area contributed by atoms with Crippen LogP contribution in [-0.4, -0.2) is 40.0 Å². The van der Waals surface area contributed by atoms with E-state index in [9.17, 15) is 18.9 Å². The molecule has 8 heteroatoms. The summed E-state index contributed by atoms with van der Waals surface area (Å²) in [6.07, 6.45) is -1.37. The van der Waals surface area contributed by atoms with Gasteiger partial charge in [0.1, 0.15) is 12.4 Å². The average molecular weight is 495 g/mol. The lowest BCUT2D eigenvalue weighted by Gasteiger charge is -2.17. The fourth-order valence-corrected chi connectivity index (χ4v) is 4.62. The van der Waals surface area contributed by atoms with Gasteiger partial charge in [0.2, 0.25) is 0 Å². The Morgan fingerprint density at radius 3 is 2.46 bits per heavy atom. The predicted molar refractivity (Wildman–Crippen MR) is 134 cm³/mol. The molecule has 0 saturated carbocycles. The van der Waals surface area contributed by atoms with Crippen molar-refractivity contribution >= 4 is 14.0 Å². The van der Waals surface area contributed by atoms with Crippen LogP contribution in [0.1, 0.15) is 30.2 Å². The number of hydrogen-bond acceptors (Lipinski definition) is 5. The molecule has 0 spiro atoms. The number of aryl methyl sites for hydroxylation is 1. The van der Waals surface area contributed by atoms with Crippen LogP contribution in [0.3, 0.4) is 0 Å². The van der Waals surface area contributed by atoms with E-state index in [1.165, 1.54) is 12.1 Å². The highest BCUT2D eigenvalue weighted by molar-refractivity contribution is 7.39. The second-order valence-electron chi connectivity index (χ2n) is 7.93. The number of carbonyl (C=O) groups is 1. The van der Waals surface area contributed by atoms with Gasteiger partial charge in [-0.2, -0.15) is 0 Å². The van der Waals surface area contributed by atoms with Crippen molar-refractivity contribution in [3.8, 4) is 34.2 Å². The molecule has 0 aliphatic heterocycles. The monoisotopic (exact) mass is 495 g/mol. The topological polar surface area (TPSA) is 96.7 Å². The van der Waals surface area contributed by atoms with Crippen LogP contribution in [0.2, 0.25) is 0 Å². The number of rotatable bonds is 9.